The Morgan fingerprint density at radius 2 is 2.00 bits per heavy atom. The van der Waals surface area contributed by atoms with Crippen molar-refractivity contribution in [3.8, 4) is 0 Å². The van der Waals surface area contributed by atoms with Crippen molar-refractivity contribution < 1.29 is 10.0 Å². The molecule has 1 aromatic carbocycles. The van der Waals surface area contributed by atoms with Crippen LogP contribution in [0.15, 0.2) is 30.3 Å². The van der Waals surface area contributed by atoms with Gasteiger partial charge in [0.25, 0.3) is 0 Å². The fourth-order valence-electron chi connectivity index (χ4n) is 0.789. The quantitative estimate of drug-likeness (QED) is 0.396. The van der Waals surface area contributed by atoms with Crippen LogP contribution in [0.1, 0.15) is 5.56 Å². The molecule has 1 rings (SSSR count). The van der Waals surface area contributed by atoms with Gasteiger partial charge in [0.2, 0.25) is 0 Å². The molecule has 1 aromatic rings. The zero-order valence-electron chi connectivity index (χ0n) is 5.90. The third-order valence-corrected chi connectivity index (χ3v) is 1.28. The topological polar surface area (TPSA) is 40.5 Å². The summed E-state index contributed by atoms with van der Waals surface area (Å²) in [6.45, 7) is 0.185. The normalized spacial score (nSPS) is 9.18. The number of hydroxylamine groups is 2. The molecule has 3 nitrogen and oxygen atoms in total. The van der Waals surface area contributed by atoms with Gasteiger partial charge in [0.05, 0.1) is 6.54 Å². The van der Waals surface area contributed by atoms with E-state index in [2.05, 4.69) is 0 Å². The summed E-state index contributed by atoms with van der Waals surface area (Å²) in [6.07, 6.45) is 1.35. The van der Waals surface area contributed by atoms with Crippen molar-refractivity contribution in [1.29, 1.82) is 0 Å². The molecule has 0 saturated carbocycles. The van der Waals surface area contributed by atoms with E-state index in [1.165, 1.54) is 6.41 Å². The number of carbonyl (C=O) groups excluding carboxylic acids is 1. The lowest BCUT2D eigenvalue weighted by atomic mass is 10.2. The van der Waals surface area contributed by atoms with Crippen molar-refractivity contribution in [3.05, 3.63) is 35.9 Å². The van der Waals surface area contributed by atoms with E-state index < -0.39 is 0 Å². The van der Waals surface area contributed by atoms with Gasteiger partial charge in [-0.15, -0.1) is 0 Å². The van der Waals surface area contributed by atoms with Crippen molar-refractivity contribution in [2.45, 2.75) is 6.54 Å². The zero-order chi connectivity index (χ0) is 8.10. The molecule has 0 aromatic heterocycles. The minimum absolute atomic E-state index is 0.185. The molecule has 0 bridgehead atoms. The first-order chi connectivity index (χ1) is 5.33. The molecule has 1 radical (unpaired) electrons. The number of hydrogen-bond donors (Lipinski definition) is 1. The van der Waals surface area contributed by atoms with Crippen LogP contribution in [0, 0.1) is 0 Å². The second-order valence-corrected chi connectivity index (χ2v) is 2.13. The van der Waals surface area contributed by atoms with Gasteiger partial charge in [-0.3, -0.25) is 10.0 Å². The number of rotatable bonds is 3. The summed E-state index contributed by atoms with van der Waals surface area (Å²) in [5.74, 6) is 0. The summed E-state index contributed by atoms with van der Waals surface area (Å²) in [7, 11) is 0. The Kier molecular flexibility index (Phi) is 2.63. The molecule has 0 aliphatic carbocycles. The van der Waals surface area contributed by atoms with Gasteiger partial charge in [0.15, 0.2) is 0 Å². The monoisotopic (exact) mass is 150 g/mol. The molecule has 0 heterocycles. The zero-order valence-corrected chi connectivity index (χ0v) is 5.90. The number of hydrogen-bond acceptors (Lipinski definition) is 2. The van der Waals surface area contributed by atoms with E-state index in [4.69, 9.17) is 5.21 Å². The maximum Gasteiger partial charge on any atom is 0.337 e. The highest BCUT2D eigenvalue weighted by molar-refractivity contribution is 5.46. The van der Waals surface area contributed by atoms with Crippen LogP contribution in [-0.4, -0.2) is 16.7 Å². The van der Waals surface area contributed by atoms with Gasteiger partial charge >= 0.3 is 6.41 Å². The molecule has 1 amide bonds. The van der Waals surface area contributed by atoms with Gasteiger partial charge in [0, 0.05) is 0 Å². The van der Waals surface area contributed by atoms with Crippen LogP contribution in [-0.2, 0) is 11.3 Å². The van der Waals surface area contributed by atoms with Crippen LogP contribution in [0.4, 0.5) is 0 Å². The summed E-state index contributed by atoms with van der Waals surface area (Å²) in [5.41, 5.74) is 0.873. The molecule has 0 aliphatic rings. The van der Waals surface area contributed by atoms with Gasteiger partial charge < -0.3 is 0 Å². The number of amides is 1. The highest BCUT2D eigenvalue weighted by atomic mass is 16.5. The summed E-state index contributed by atoms with van der Waals surface area (Å²) in [5, 5.41) is 9.20. The lowest BCUT2D eigenvalue weighted by molar-refractivity contribution is -0.0249. The minimum atomic E-state index is 0.185. The van der Waals surface area contributed by atoms with E-state index >= 15 is 0 Å². The minimum Gasteiger partial charge on any atom is -0.285 e. The van der Waals surface area contributed by atoms with Crippen molar-refractivity contribution >= 4 is 6.41 Å². The van der Waals surface area contributed by atoms with Crippen LogP contribution in [0.25, 0.3) is 0 Å². The summed E-state index contributed by atoms with van der Waals surface area (Å²) < 4.78 is 0. The molecule has 0 aliphatic heterocycles. The van der Waals surface area contributed by atoms with Crippen LogP contribution in [0.5, 0.6) is 0 Å². The predicted molar refractivity (Wildman–Crippen MR) is 39.5 cm³/mol. The Hall–Kier alpha value is -1.35. The molecule has 0 saturated heterocycles. The maximum atomic E-state index is 9.86. The van der Waals surface area contributed by atoms with Gasteiger partial charge in [-0.1, -0.05) is 30.3 Å². The van der Waals surface area contributed by atoms with E-state index in [1.807, 2.05) is 30.3 Å². The van der Waals surface area contributed by atoms with Gasteiger partial charge in [-0.2, -0.15) is 0 Å². The average Bonchev–Trinajstić information content (AvgIpc) is 2.06. The third-order valence-electron chi connectivity index (χ3n) is 1.28. The molecule has 0 atom stereocenters. The molecular formula is C8H8NO2. The van der Waals surface area contributed by atoms with E-state index in [9.17, 15) is 4.79 Å². The fraction of sp³-hybridized carbons (Fsp3) is 0.125. The Balaban J connectivity index is 2.57. The van der Waals surface area contributed by atoms with Crippen molar-refractivity contribution in [2.24, 2.45) is 0 Å². The van der Waals surface area contributed by atoms with E-state index in [0.717, 1.165) is 5.56 Å². The third kappa shape index (κ3) is 2.39. The second kappa shape index (κ2) is 3.73. The molecule has 1 N–H and O–H groups in total. The Morgan fingerprint density at radius 3 is 2.55 bits per heavy atom. The molecule has 3 heteroatoms. The van der Waals surface area contributed by atoms with Crippen LogP contribution >= 0.6 is 0 Å². The first-order valence-corrected chi connectivity index (χ1v) is 3.21. The standard InChI is InChI=1S/C8H8NO2/c10-7-9(11)6-8-4-2-1-3-5-8/h1-5,11H,6H2. The Morgan fingerprint density at radius 1 is 1.36 bits per heavy atom. The summed E-state index contributed by atoms with van der Waals surface area (Å²) in [4.78, 5) is 9.86. The first-order valence-electron chi connectivity index (χ1n) is 3.21. The molecular weight excluding hydrogens is 142 g/mol. The number of nitrogens with zero attached hydrogens (tertiary/aromatic N) is 1. The van der Waals surface area contributed by atoms with Crippen molar-refractivity contribution in [1.82, 2.24) is 5.06 Å². The van der Waals surface area contributed by atoms with Gasteiger partial charge in [-0.25, -0.2) is 5.06 Å². The first kappa shape index (κ1) is 7.75. The Labute approximate surface area is 64.8 Å². The van der Waals surface area contributed by atoms with Crippen molar-refractivity contribution in [2.75, 3.05) is 0 Å². The smallest absolute Gasteiger partial charge is 0.285 e. The van der Waals surface area contributed by atoms with Crippen LogP contribution in [0.3, 0.4) is 0 Å². The largest absolute Gasteiger partial charge is 0.337 e. The number of benzene rings is 1. The highest BCUT2D eigenvalue weighted by Gasteiger charge is 1.97. The molecule has 0 fully saturated rings. The lowest BCUT2D eigenvalue weighted by Gasteiger charge is -2.05. The summed E-state index contributed by atoms with van der Waals surface area (Å²) >= 11 is 0. The molecule has 0 spiro atoms. The maximum absolute atomic E-state index is 9.86. The molecule has 57 valence electrons. The lowest BCUT2D eigenvalue weighted by Crippen LogP contribution is -2.15. The second-order valence-electron chi connectivity index (χ2n) is 2.13. The predicted octanol–water partition coefficient (Wildman–Crippen LogP) is 0.945. The van der Waals surface area contributed by atoms with Gasteiger partial charge in [0.1, 0.15) is 0 Å². The van der Waals surface area contributed by atoms with Crippen LogP contribution in [0.2, 0.25) is 0 Å². The Bertz CT molecular complexity index is 223. The fourth-order valence-corrected chi connectivity index (χ4v) is 0.789. The van der Waals surface area contributed by atoms with E-state index in [-0.39, 0.29) is 6.54 Å². The highest BCUT2D eigenvalue weighted by Crippen LogP contribution is 1.99. The average molecular weight is 150 g/mol. The molecule has 11 heavy (non-hydrogen) atoms. The summed E-state index contributed by atoms with van der Waals surface area (Å²) in [6, 6.07) is 9.19. The van der Waals surface area contributed by atoms with E-state index in [0.29, 0.717) is 5.06 Å². The SMILES string of the molecule is O=[C]N(O)Cc1ccccc1. The molecule has 0 unspecified atom stereocenters. The van der Waals surface area contributed by atoms with Crippen LogP contribution < -0.4 is 0 Å². The van der Waals surface area contributed by atoms with E-state index in [1.54, 1.807) is 0 Å². The van der Waals surface area contributed by atoms with Crippen molar-refractivity contribution in [3.63, 3.8) is 0 Å². The van der Waals surface area contributed by atoms with Gasteiger partial charge in [-0.05, 0) is 5.56 Å².